The minimum absolute atomic E-state index is 0.475. The highest BCUT2D eigenvalue weighted by Crippen LogP contribution is 2.31. The number of hydrogen-bond donors (Lipinski definition) is 1. The summed E-state index contributed by atoms with van der Waals surface area (Å²) in [5.41, 5.74) is 7.31. The number of pyridine rings is 2. The van der Waals surface area contributed by atoms with E-state index in [-0.39, 0.29) is 0 Å². The number of aromatic nitrogens is 2. The molecule has 100 valence electrons. The summed E-state index contributed by atoms with van der Waals surface area (Å²) < 4.78 is 10.8. The Kier molecular flexibility index (Phi) is 3.09. The van der Waals surface area contributed by atoms with Crippen LogP contribution in [0.4, 0.5) is 5.69 Å². The molecule has 0 aliphatic carbocycles. The number of fused-ring (bicyclic) bond motifs is 1. The zero-order valence-electron chi connectivity index (χ0n) is 10.9. The van der Waals surface area contributed by atoms with Crippen LogP contribution in [0.2, 0.25) is 0 Å². The van der Waals surface area contributed by atoms with Gasteiger partial charge in [-0.05, 0) is 30.3 Å². The largest absolute Gasteiger partial charge is 0.495 e. The van der Waals surface area contributed by atoms with Crippen LogP contribution in [-0.4, -0.2) is 17.1 Å². The van der Waals surface area contributed by atoms with Gasteiger partial charge in [-0.25, -0.2) is 4.98 Å². The zero-order chi connectivity index (χ0) is 13.9. The number of nitrogens with two attached hydrogens (primary N) is 1. The number of hydrogen-bond acceptors (Lipinski definition) is 5. The summed E-state index contributed by atoms with van der Waals surface area (Å²) in [4.78, 5) is 8.48. The van der Waals surface area contributed by atoms with Crippen LogP contribution in [-0.2, 0) is 0 Å². The van der Waals surface area contributed by atoms with Crippen LogP contribution in [0.25, 0.3) is 10.9 Å². The molecule has 0 fully saturated rings. The van der Waals surface area contributed by atoms with Gasteiger partial charge in [-0.15, -0.1) is 0 Å². The Balaban J connectivity index is 2.00. The number of rotatable bonds is 3. The van der Waals surface area contributed by atoms with Gasteiger partial charge in [0.2, 0.25) is 5.88 Å². The highest BCUT2D eigenvalue weighted by Gasteiger charge is 2.07. The normalized spacial score (nSPS) is 10.4. The van der Waals surface area contributed by atoms with E-state index in [0.717, 1.165) is 5.39 Å². The molecular weight excluding hydrogens is 254 g/mol. The van der Waals surface area contributed by atoms with Crippen molar-refractivity contribution < 1.29 is 9.47 Å². The lowest BCUT2D eigenvalue weighted by Gasteiger charge is -2.09. The fourth-order valence-electron chi connectivity index (χ4n) is 1.91. The van der Waals surface area contributed by atoms with Gasteiger partial charge in [0.15, 0.2) is 5.75 Å². The van der Waals surface area contributed by atoms with E-state index in [2.05, 4.69) is 9.97 Å². The Bertz CT molecular complexity index is 742. The lowest BCUT2D eigenvalue weighted by Crippen LogP contribution is -1.94. The van der Waals surface area contributed by atoms with E-state index in [0.29, 0.717) is 28.6 Å². The number of anilines is 1. The first-order valence-corrected chi connectivity index (χ1v) is 6.09. The second-order valence-electron chi connectivity index (χ2n) is 4.19. The first-order chi connectivity index (χ1) is 9.78. The summed E-state index contributed by atoms with van der Waals surface area (Å²) >= 11 is 0. The Hall–Kier alpha value is -2.82. The molecule has 5 heteroatoms. The number of ether oxygens (including phenoxy) is 2. The van der Waals surface area contributed by atoms with Crippen molar-refractivity contribution in [3.63, 3.8) is 0 Å². The van der Waals surface area contributed by atoms with Crippen molar-refractivity contribution in [3.8, 4) is 17.4 Å². The smallest absolute Gasteiger partial charge is 0.219 e. The summed E-state index contributed by atoms with van der Waals surface area (Å²) in [5, 5.41) is 0.860. The maximum absolute atomic E-state index is 5.93. The van der Waals surface area contributed by atoms with Gasteiger partial charge in [-0.3, -0.25) is 4.98 Å². The maximum atomic E-state index is 5.93. The van der Waals surface area contributed by atoms with E-state index in [1.54, 1.807) is 43.8 Å². The number of methoxy groups -OCH3 is 1. The monoisotopic (exact) mass is 267 g/mol. The molecule has 0 bridgehead atoms. The van der Waals surface area contributed by atoms with Crippen LogP contribution in [0, 0.1) is 0 Å². The lowest BCUT2D eigenvalue weighted by atomic mass is 10.2. The average molecular weight is 267 g/mol. The molecule has 2 heterocycles. The van der Waals surface area contributed by atoms with Crippen LogP contribution < -0.4 is 15.2 Å². The van der Waals surface area contributed by atoms with E-state index < -0.39 is 0 Å². The van der Waals surface area contributed by atoms with Gasteiger partial charge in [0, 0.05) is 23.3 Å². The molecule has 0 aliphatic rings. The number of nitrogen functional groups attached to an aromatic ring is 1. The quantitative estimate of drug-likeness (QED) is 0.739. The van der Waals surface area contributed by atoms with Crippen molar-refractivity contribution in [3.05, 3.63) is 48.8 Å². The Morgan fingerprint density at radius 3 is 2.70 bits per heavy atom. The van der Waals surface area contributed by atoms with Gasteiger partial charge >= 0.3 is 0 Å². The average Bonchev–Trinajstić information content (AvgIpc) is 2.51. The first kappa shape index (κ1) is 12.2. The molecule has 0 saturated heterocycles. The SMILES string of the molecule is COc1ccc(Oc2ccc(N)c3cccnc23)nc1. The molecule has 2 aromatic heterocycles. The van der Waals surface area contributed by atoms with Gasteiger partial charge in [0.05, 0.1) is 13.3 Å². The second kappa shape index (κ2) is 5.05. The predicted octanol–water partition coefficient (Wildman–Crippen LogP) is 3.01. The second-order valence-corrected chi connectivity index (χ2v) is 4.19. The molecule has 0 unspecified atom stereocenters. The van der Waals surface area contributed by atoms with Gasteiger partial charge in [-0.1, -0.05) is 0 Å². The number of benzene rings is 1. The summed E-state index contributed by atoms with van der Waals surface area (Å²) in [6.07, 6.45) is 3.30. The molecule has 20 heavy (non-hydrogen) atoms. The fourth-order valence-corrected chi connectivity index (χ4v) is 1.91. The van der Waals surface area contributed by atoms with Crippen LogP contribution in [0.5, 0.6) is 17.4 Å². The third kappa shape index (κ3) is 2.21. The first-order valence-electron chi connectivity index (χ1n) is 6.09. The maximum Gasteiger partial charge on any atom is 0.219 e. The van der Waals surface area contributed by atoms with Gasteiger partial charge < -0.3 is 15.2 Å². The predicted molar refractivity (Wildman–Crippen MR) is 77.0 cm³/mol. The van der Waals surface area contributed by atoms with Crippen molar-refractivity contribution in [2.75, 3.05) is 12.8 Å². The zero-order valence-corrected chi connectivity index (χ0v) is 10.9. The Morgan fingerprint density at radius 2 is 1.95 bits per heavy atom. The van der Waals surface area contributed by atoms with Crippen molar-refractivity contribution in [1.82, 2.24) is 9.97 Å². The summed E-state index contributed by atoms with van der Waals surface area (Å²) in [5.74, 6) is 1.77. The molecular formula is C15H13N3O2. The number of nitrogens with zero attached hydrogens (tertiary/aromatic N) is 2. The molecule has 1 aromatic carbocycles. The summed E-state index contributed by atoms with van der Waals surface area (Å²) in [6, 6.07) is 10.9. The van der Waals surface area contributed by atoms with Gasteiger partial charge in [0.1, 0.15) is 11.3 Å². The van der Waals surface area contributed by atoms with E-state index >= 15 is 0 Å². The Morgan fingerprint density at radius 1 is 1.05 bits per heavy atom. The highest BCUT2D eigenvalue weighted by atomic mass is 16.5. The molecule has 3 aromatic rings. The Labute approximate surface area is 116 Å². The van der Waals surface area contributed by atoms with Gasteiger partial charge in [0.25, 0.3) is 0 Å². The highest BCUT2D eigenvalue weighted by molar-refractivity contribution is 5.94. The summed E-state index contributed by atoms with van der Waals surface area (Å²) in [7, 11) is 1.59. The fraction of sp³-hybridized carbons (Fsp3) is 0.0667. The standard InChI is InChI=1S/C15H13N3O2/c1-19-10-4-7-14(18-9-10)20-13-6-5-12(16)11-3-2-8-17-15(11)13/h2-9H,16H2,1H3. The van der Waals surface area contributed by atoms with Crippen molar-refractivity contribution in [2.45, 2.75) is 0 Å². The van der Waals surface area contributed by atoms with E-state index in [9.17, 15) is 0 Å². The van der Waals surface area contributed by atoms with Crippen LogP contribution in [0.3, 0.4) is 0 Å². The van der Waals surface area contributed by atoms with E-state index in [1.807, 2.05) is 12.1 Å². The molecule has 0 atom stereocenters. The van der Waals surface area contributed by atoms with Crippen molar-refractivity contribution >= 4 is 16.6 Å². The lowest BCUT2D eigenvalue weighted by molar-refractivity contribution is 0.408. The molecule has 3 rings (SSSR count). The molecule has 0 radical (unpaired) electrons. The third-order valence-electron chi connectivity index (χ3n) is 2.93. The van der Waals surface area contributed by atoms with Crippen molar-refractivity contribution in [1.29, 1.82) is 0 Å². The molecule has 0 saturated carbocycles. The minimum Gasteiger partial charge on any atom is -0.495 e. The van der Waals surface area contributed by atoms with Crippen LogP contribution >= 0.6 is 0 Å². The third-order valence-corrected chi connectivity index (χ3v) is 2.93. The topological polar surface area (TPSA) is 70.3 Å². The molecule has 0 aliphatic heterocycles. The van der Waals surface area contributed by atoms with Crippen LogP contribution in [0.1, 0.15) is 0 Å². The molecule has 2 N–H and O–H groups in total. The molecule has 0 spiro atoms. The minimum atomic E-state index is 0.475. The van der Waals surface area contributed by atoms with E-state index in [4.69, 9.17) is 15.2 Å². The summed E-state index contributed by atoms with van der Waals surface area (Å²) in [6.45, 7) is 0. The molecule has 5 nitrogen and oxygen atoms in total. The van der Waals surface area contributed by atoms with E-state index in [1.165, 1.54) is 0 Å². The molecule has 0 amide bonds. The van der Waals surface area contributed by atoms with Gasteiger partial charge in [-0.2, -0.15) is 0 Å². The van der Waals surface area contributed by atoms with Crippen LogP contribution in [0.15, 0.2) is 48.8 Å². The van der Waals surface area contributed by atoms with Crippen molar-refractivity contribution in [2.24, 2.45) is 0 Å².